The van der Waals surface area contributed by atoms with Crippen LogP contribution in [0.25, 0.3) is 0 Å². The summed E-state index contributed by atoms with van der Waals surface area (Å²) < 4.78 is 27.9. The minimum atomic E-state index is -3.80. The molecule has 1 N–H and O–H groups in total. The van der Waals surface area contributed by atoms with Gasteiger partial charge in [0.1, 0.15) is 12.6 Å². The first-order valence-electron chi connectivity index (χ1n) is 13.9. The highest BCUT2D eigenvalue weighted by atomic mass is 79.9. The quantitative estimate of drug-likeness (QED) is 0.222. The molecular formula is C32H40BrN3O4S. The normalized spacial score (nSPS) is 12.1. The van der Waals surface area contributed by atoms with Crippen LogP contribution >= 0.6 is 15.9 Å². The van der Waals surface area contributed by atoms with Crippen LogP contribution in [0.2, 0.25) is 0 Å². The molecular weight excluding hydrogens is 602 g/mol. The Morgan fingerprint density at radius 1 is 0.927 bits per heavy atom. The highest BCUT2D eigenvalue weighted by Gasteiger charge is 2.33. The van der Waals surface area contributed by atoms with Gasteiger partial charge in [-0.2, -0.15) is 0 Å². The van der Waals surface area contributed by atoms with Gasteiger partial charge in [0.25, 0.3) is 0 Å². The maximum Gasteiger partial charge on any atom is 0.244 e. The Morgan fingerprint density at radius 3 is 2.17 bits per heavy atom. The van der Waals surface area contributed by atoms with Crippen molar-refractivity contribution in [3.05, 3.63) is 100 Å². The Balaban J connectivity index is 2.02. The molecule has 0 aliphatic carbocycles. The molecule has 3 aromatic rings. The molecule has 0 fully saturated rings. The SMILES string of the molecule is CCCCNC(=O)[C@H](Cc1ccccc1)N(Cc1cccc(Br)c1)C(=O)CN(c1ccc(C(C)C)cc1)S(C)(=O)=O. The van der Waals surface area contributed by atoms with Crippen LogP contribution in [-0.4, -0.2) is 50.5 Å². The van der Waals surface area contributed by atoms with Crippen molar-refractivity contribution < 1.29 is 18.0 Å². The van der Waals surface area contributed by atoms with E-state index in [-0.39, 0.29) is 18.4 Å². The molecule has 0 aliphatic rings. The van der Waals surface area contributed by atoms with Crippen molar-refractivity contribution in [1.82, 2.24) is 10.2 Å². The maximum atomic E-state index is 14.1. The lowest BCUT2D eigenvalue weighted by Crippen LogP contribution is -2.53. The number of halogens is 1. The molecule has 220 valence electrons. The van der Waals surface area contributed by atoms with Gasteiger partial charge < -0.3 is 10.2 Å². The largest absolute Gasteiger partial charge is 0.354 e. The van der Waals surface area contributed by atoms with Crippen molar-refractivity contribution in [2.75, 3.05) is 23.7 Å². The molecule has 1 atom stereocenters. The standard InChI is InChI=1S/C32H40BrN3O4S/c1-5-6-19-34-32(38)30(21-25-11-8-7-9-12-25)35(22-26-13-10-14-28(33)20-26)31(37)23-36(41(4,39)40)29-17-15-27(16-18-29)24(2)3/h7-18,20,24,30H,5-6,19,21-23H2,1-4H3,(H,34,38)/t30-/m0/s1. The van der Waals surface area contributed by atoms with E-state index in [1.54, 1.807) is 12.1 Å². The minimum absolute atomic E-state index is 0.140. The van der Waals surface area contributed by atoms with E-state index in [9.17, 15) is 18.0 Å². The summed E-state index contributed by atoms with van der Waals surface area (Å²) >= 11 is 3.49. The van der Waals surface area contributed by atoms with Gasteiger partial charge in [-0.1, -0.05) is 97.7 Å². The molecule has 0 radical (unpaired) electrons. The Hall–Kier alpha value is -3.17. The first kappa shape index (κ1) is 32.3. The number of unbranched alkanes of at least 4 members (excludes halogenated alkanes) is 1. The first-order chi connectivity index (χ1) is 19.5. The Morgan fingerprint density at radius 2 is 1.59 bits per heavy atom. The summed E-state index contributed by atoms with van der Waals surface area (Å²) in [5.74, 6) is -0.448. The predicted octanol–water partition coefficient (Wildman–Crippen LogP) is 5.89. The summed E-state index contributed by atoms with van der Waals surface area (Å²) in [4.78, 5) is 29.3. The van der Waals surface area contributed by atoms with Crippen molar-refractivity contribution in [3.63, 3.8) is 0 Å². The van der Waals surface area contributed by atoms with Gasteiger partial charge in [-0.25, -0.2) is 8.42 Å². The summed E-state index contributed by atoms with van der Waals surface area (Å²) in [6.45, 7) is 6.37. The number of sulfonamides is 1. The van der Waals surface area contributed by atoms with Crippen LogP contribution in [0.3, 0.4) is 0 Å². The number of hydrogen-bond acceptors (Lipinski definition) is 4. The van der Waals surface area contributed by atoms with Crippen molar-refractivity contribution in [3.8, 4) is 0 Å². The highest BCUT2D eigenvalue weighted by molar-refractivity contribution is 9.10. The average Bonchev–Trinajstić information content (AvgIpc) is 2.93. The fraction of sp³-hybridized carbons (Fsp3) is 0.375. The zero-order chi connectivity index (χ0) is 30.0. The number of nitrogens with zero attached hydrogens (tertiary/aromatic N) is 2. The maximum absolute atomic E-state index is 14.1. The van der Waals surface area contributed by atoms with E-state index in [2.05, 4.69) is 35.1 Å². The summed E-state index contributed by atoms with van der Waals surface area (Å²) in [6.07, 6.45) is 3.12. The third-order valence-corrected chi connectivity index (χ3v) is 8.50. The van der Waals surface area contributed by atoms with E-state index in [0.29, 0.717) is 18.7 Å². The van der Waals surface area contributed by atoms with Crippen molar-refractivity contribution in [1.29, 1.82) is 0 Å². The Kier molecular flexibility index (Phi) is 12.0. The zero-order valence-electron chi connectivity index (χ0n) is 24.2. The van der Waals surface area contributed by atoms with Gasteiger partial charge in [0.05, 0.1) is 11.9 Å². The van der Waals surface area contributed by atoms with E-state index < -0.39 is 28.5 Å². The number of carbonyl (C=O) groups excluding carboxylic acids is 2. The lowest BCUT2D eigenvalue weighted by molar-refractivity contribution is -0.140. The van der Waals surface area contributed by atoms with E-state index in [4.69, 9.17) is 0 Å². The molecule has 7 nitrogen and oxygen atoms in total. The van der Waals surface area contributed by atoms with Crippen molar-refractivity contribution in [2.45, 2.75) is 58.5 Å². The van der Waals surface area contributed by atoms with Gasteiger partial charge in [-0.15, -0.1) is 0 Å². The fourth-order valence-electron chi connectivity index (χ4n) is 4.53. The zero-order valence-corrected chi connectivity index (χ0v) is 26.6. The highest BCUT2D eigenvalue weighted by Crippen LogP contribution is 2.24. The van der Waals surface area contributed by atoms with Crippen molar-refractivity contribution >= 4 is 43.5 Å². The van der Waals surface area contributed by atoms with E-state index in [1.165, 1.54) is 4.90 Å². The van der Waals surface area contributed by atoms with Crippen LogP contribution in [0, 0.1) is 0 Å². The minimum Gasteiger partial charge on any atom is -0.354 e. The van der Waals surface area contributed by atoms with E-state index >= 15 is 0 Å². The number of rotatable bonds is 14. The van der Waals surface area contributed by atoms with Crippen LogP contribution < -0.4 is 9.62 Å². The molecule has 0 unspecified atom stereocenters. The lowest BCUT2D eigenvalue weighted by Gasteiger charge is -2.33. The molecule has 3 rings (SSSR count). The lowest BCUT2D eigenvalue weighted by atomic mass is 10.0. The van der Waals surface area contributed by atoms with E-state index in [1.807, 2.05) is 73.7 Å². The second kappa shape index (κ2) is 15.2. The van der Waals surface area contributed by atoms with Crippen LogP contribution in [0.4, 0.5) is 5.69 Å². The molecule has 0 aromatic heterocycles. The third kappa shape index (κ3) is 9.71. The second-order valence-corrected chi connectivity index (χ2v) is 13.3. The molecule has 0 aliphatic heterocycles. The molecule has 0 saturated heterocycles. The molecule has 3 aromatic carbocycles. The smallest absolute Gasteiger partial charge is 0.244 e. The van der Waals surface area contributed by atoms with Gasteiger partial charge >= 0.3 is 0 Å². The van der Waals surface area contributed by atoms with Crippen LogP contribution in [0.5, 0.6) is 0 Å². The molecule has 41 heavy (non-hydrogen) atoms. The van der Waals surface area contributed by atoms with Gasteiger partial charge in [-0.05, 0) is 53.3 Å². The summed E-state index contributed by atoms with van der Waals surface area (Å²) in [7, 11) is -3.80. The molecule has 9 heteroatoms. The first-order valence-corrected chi connectivity index (χ1v) is 16.6. The number of benzene rings is 3. The second-order valence-electron chi connectivity index (χ2n) is 10.5. The average molecular weight is 643 g/mol. The molecule has 0 heterocycles. The van der Waals surface area contributed by atoms with Gasteiger partial charge in [0, 0.05) is 24.0 Å². The Labute approximate surface area is 253 Å². The summed E-state index contributed by atoms with van der Waals surface area (Å²) in [6, 6.07) is 23.4. The number of nitrogens with one attached hydrogen (secondary N) is 1. The van der Waals surface area contributed by atoms with Crippen LogP contribution in [0.15, 0.2) is 83.3 Å². The predicted molar refractivity (Wildman–Crippen MR) is 169 cm³/mol. The monoisotopic (exact) mass is 641 g/mol. The van der Waals surface area contributed by atoms with Crippen LogP contribution in [-0.2, 0) is 32.6 Å². The molecule has 0 bridgehead atoms. The number of carbonyl (C=O) groups is 2. The van der Waals surface area contributed by atoms with Crippen molar-refractivity contribution in [2.24, 2.45) is 0 Å². The Bertz CT molecular complexity index is 1400. The van der Waals surface area contributed by atoms with E-state index in [0.717, 1.165) is 44.6 Å². The number of anilines is 1. The van der Waals surface area contributed by atoms with Crippen LogP contribution in [0.1, 0.15) is 56.2 Å². The summed E-state index contributed by atoms with van der Waals surface area (Å²) in [5, 5.41) is 2.99. The van der Waals surface area contributed by atoms with Gasteiger partial charge in [0.15, 0.2) is 0 Å². The molecule has 0 spiro atoms. The molecule has 2 amide bonds. The number of hydrogen-bond donors (Lipinski definition) is 1. The molecule has 0 saturated carbocycles. The number of amides is 2. The summed E-state index contributed by atoms with van der Waals surface area (Å²) in [5.41, 5.74) is 3.19. The topological polar surface area (TPSA) is 86.8 Å². The van der Waals surface area contributed by atoms with Gasteiger partial charge in [-0.3, -0.25) is 13.9 Å². The third-order valence-electron chi connectivity index (χ3n) is 6.87. The fourth-order valence-corrected chi connectivity index (χ4v) is 5.83. The van der Waals surface area contributed by atoms with Gasteiger partial charge in [0.2, 0.25) is 21.8 Å².